The van der Waals surface area contributed by atoms with Gasteiger partial charge in [-0.2, -0.15) is 4.31 Å². The largest absolute Gasteiger partial charge is 0.398 e. The van der Waals surface area contributed by atoms with Gasteiger partial charge in [0.15, 0.2) is 0 Å². The minimum Gasteiger partial charge on any atom is -0.398 e. The molecule has 1 aromatic heterocycles. The summed E-state index contributed by atoms with van der Waals surface area (Å²) in [5, 5.41) is 0.123. The van der Waals surface area contributed by atoms with Crippen LogP contribution in [0.25, 0.3) is 0 Å². The minimum absolute atomic E-state index is 0.0452. The van der Waals surface area contributed by atoms with Gasteiger partial charge in [-0.3, -0.25) is 0 Å². The average molecular weight is 365 g/mol. The molecule has 2 aromatic rings. The number of benzene rings is 1. The van der Waals surface area contributed by atoms with Crippen LogP contribution >= 0.6 is 34.5 Å². The number of halogens is 2. The van der Waals surface area contributed by atoms with Crippen LogP contribution in [0.15, 0.2) is 35.2 Å². The quantitative estimate of drug-likeness (QED) is 0.819. The van der Waals surface area contributed by atoms with Crippen molar-refractivity contribution < 1.29 is 8.42 Å². The van der Waals surface area contributed by atoms with Gasteiger partial charge in [0.2, 0.25) is 10.0 Å². The molecule has 0 saturated heterocycles. The lowest BCUT2D eigenvalue weighted by molar-refractivity contribution is 0.426. The summed E-state index contributed by atoms with van der Waals surface area (Å²) in [4.78, 5) is 0.812. The van der Waals surface area contributed by atoms with Gasteiger partial charge in [0.25, 0.3) is 0 Å². The second-order valence-corrected chi connectivity index (χ2v) is 8.38. The van der Waals surface area contributed by atoms with E-state index in [4.69, 9.17) is 28.9 Å². The molecule has 2 rings (SSSR count). The van der Waals surface area contributed by atoms with E-state index in [1.807, 2.05) is 0 Å². The molecular weight excluding hydrogens is 351 g/mol. The SMILES string of the molecule is CCN(Cc1ccc(Cl)s1)S(=O)(=O)c1c(N)cccc1Cl. The molecular formula is C13H14Cl2N2O2S2. The maximum absolute atomic E-state index is 12.7. The van der Waals surface area contributed by atoms with Gasteiger partial charge in [-0.1, -0.05) is 36.2 Å². The topological polar surface area (TPSA) is 63.4 Å². The van der Waals surface area contributed by atoms with Crippen LogP contribution in [0.4, 0.5) is 5.69 Å². The molecule has 0 aliphatic rings. The summed E-state index contributed by atoms with van der Waals surface area (Å²) in [6.45, 7) is 2.31. The van der Waals surface area contributed by atoms with Crippen molar-refractivity contribution in [1.82, 2.24) is 4.31 Å². The molecule has 1 aromatic carbocycles. The van der Waals surface area contributed by atoms with Crippen molar-refractivity contribution in [2.24, 2.45) is 0 Å². The van der Waals surface area contributed by atoms with Gasteiger partial charge in [0, 0.05) is 18.0 Å². The Morgan fingerprint density at radius 3 is 2.48 bits per heavy atom. The normalized spacial score (nSPS) is 12.0. The third-order valence-electron chi connectivity index (χ3n) is 2.91. The van der Waals surface area contributed by atoms with Gasteiger partial charge < -0.3 is 5.73 Å². The zero-order valence-corrected chi connectivity index (χ0v) is 14.4. The number of nitrogen functional groups attached to an aromatic ring is 1. The third kappa shape index (κ3) is 3.52. The van der Waals surface area contributed by atoms with Crippen LogP contribution in [-0.4, -0.2) is 19.3 Å². The molecule has 0 bridgehead atoms. The number of nitrogens with two attached hydrogens (primary N) is 1. The van der Waals surface area contributed by atoms with E-state index in [2.05, 4.69) is 0 Å². The molecule has 0 atom stereocenters. The first-order valence-electron chi connectivity index (χ1n) is 6.14. The smallest absolute Gasteiger partial charge is 0.246 e. The molecule has 0 amide bonds. The van der Waals surface area contributed by atoms with Gasteiger partial charge in [0.1, 0.15) is 4.90 Å². The summed E-state index contributed by atoms with van der Waals surface area (Å²) >= 11 is 13.2. The number of nitrogens with zero attached hydrogens (tertiary/aromatic N) is 1. The number of rotatable bonds is 5. The van der Waals surface area contributed by atoms with Gasteiger partial charge in [-0.15, -0.1) is 11.3 Å². The third-order valence-corrected chi connectivity index (χ3v) is 6.59. The van der Waals surface area contributed by atoms with Gasteiger partial charge in [-0.05, 0) is 24.3 Å². The lowest BCUT2D eigenvalue weighted by Crippen LogP contribution is -2.31. The molecule has 4 nitrogen and oxygen atoms in total. The minimum atomic E-state index is -3.76. The monoisotopic (exact) mass is 364 g/mol. The van der Waals surface area contributed by atoms with Crippen LogP contribution in [0.1, 0.15) is 11.8 Å². The second-order valence-electron chi connectivity index (χ2n) is 4.30. The van der Waals surface area contributed by atoms with Crippen molar-refractivity contribution in [3.63, 3.8) is 0 Å². The molecule has 0 aliphatic heterocycles. The fraction of sp³-hybridized carbons (Fsp3) is 0.231. The second kappa shape index (κ2) is 6.54. The predicted octanol–water partition coefficient (Wildman–Crippen LogP) is 3.85. The maximum Gasteiger partial charge on any atom is 0.246 e. The summed E-state index contributed by atoms with van der Waals surface area (Å²) in [5.74, 6) is 0. The van der Waals surface area contributed by atoms with E-state index in [1.165, 1.54) is 27.8 Å². The lowest BCUT2D eigenvalue weighted by atomic mass is 10.3. The number of hydrogen-bond acceptors (Lipinski definition) is 4. The van der Waals surface area contributed by atoms with Crippen molar-refractivity contribution in [3.05, 3.63) is 44.6 Å². The Kier molecular flexibility index (Phi) is 5.16. The maximum atomic E-state index is 12.7. The van der Waals surface area contributed by atoms with Crippen molar-refractivity contribution in [3.8, 4) is 0 Å². The van der Waals surface area contributed by atoms with Crippen LogP contribution in [0.5, 0.6) is 0 Å². The number of thiophene rings is 1. The van der Waals surface area contributed by atoms with Crippen LogP contribution in [0, 0.1) is 0 Å². The molecule has 114 valence electrons. The average Bonchev–Trinajstić information content (AvgIpc) is 2.81. The fourth-order valence-corrected chi connectivity index (χ4v) is 5.15. The molecule has 0 fully saturated rings. The molecule has 21 heavy (non-hydrogen) atoms. The standard InChI is InChI=1S/C13H14Cl2N2O2S2/c1-2-17(8-9-6-7-12(15)20-9)21(18,19)13-10(14)4-3-5-11(13)16/h3-7H,2,8,16H2,1H3. The molecule has 1 heterocycles. The fourth-order valence-electron chi connectivity index (χ4n) is 1.90. The molecule has 8 heteroatoms. The summed E-state index contributed by atoms with van der Waals surface area (Å²) in [5.41, 5.74) is 5.93. The van der Waals surface area contributed by atoms with E-state index in [0.717, 1.165) is 4.88 Å². The van der Waals surface area contributed by atoms with Gasteiger partial charge in [-0.25, -0.2) is 8.42 Å². The first kappa shape index (κ1) is 16.6. The molecule has 0 spiro atoms. The molecule has 0 radical (unpaired) electrons. The number of hydrogen-bond donors (Lipinski definition) is 1. The van der Waals surface area contributed by atoms with Crippen LogP contribution in [0.3, 0.4) is 0 Å². The lowest BCUT2D eigenvalue weighted by Gasteiger charge is -2.21. The first-order chi connectivity index (χ1) is 9.86. The van der Waals surface area contributed by atoms with E-state index in [1.54, 1.807) is 25.1 Å². The molecule has 2 N–H and O–H groups in total. The summed E-state index contributed by atoms with van der Waals surface area (Å²) < 4.78 is 27.4. The summed E-state index contributed by atoms with van der Waals surface area (Å²) in [6.07, 6.45) is 0. The predicted molar refractivity (Wildman–Crippen MR) is 88.5 cm³/mol. The number of sulfonamides is 1. The Bertz CT molecular complexity index is 724. The van der Waals surface area contributed by atoms with Crippen LogP contribution in [-0.2, 0) is 16.6 Å². The molecule has 0 aliphatic carbocycles. The Morgan fingerprint density at radius 1 is 1.24 bits per heavy atom. The highest BCUT2D eigenvalue weighted by Gasteiger charge is 2.28. The highest BCUT2D eigenvalue weighted by Crippen LogP contribution is 2.31. The zero-order chi connectivity index (χ0) is 15.6. The Morgan fingerprint density at radius 2 is 1.95 bits per heavy atom. The van der Waals surface area contributed by atoms with Crippen LogP contribution < -0.4 is 5.73 Å². The highest BCUT2D eigenvalue weighted by molar-refractivity contribution is 7.89. The van der Waals surface area contributed by atoms with E-state index < -0.39 is 10.0 Å². The van der Waals surface area contributed by atoms with E-state index >= 15 is 0 Å². The number of anilines is 1. The van der Waals surface area contributed by atoms with Crippen molar-refractivity contribution in [1.29, 1.82) is 0 Å². The summed E-state index contributed by atoms with van der Waals surface area (Å²) in [6, 6.07) is 8.20. The molecule has 0 saturated carbocycles. The van der Waals surface area contributed by atoms with Crippen molar-refractivity contribution in [2.75, 3.05) is 12.3 Å². The van der Waals surface area contributed by atoms with Gasteiger partial charge >= 0.3 is 0 Å². The Balaban J connectivity index is 2.40. The van der Waals surface area contributed by atoms with Crippen LogP contribution in [0.2, 0.25) is 9.36 Å². The van der Waals surface area contributed by atoms with Crippen molar-refractivity contribution in [2.45, 2.75) is 18.4 Å². The first-order valence-corrected chi connectivity index (χ1v) is 9.16. The van der Waals surface area contributed by atoms with E-state index in [-0.39, 0.29) is 22.2 Å². The van der Waals surface area contributed by atoms with E-state index in [9.17, 15) is 8.42 Å². The summed E-state index contributed by atoms with van der Waals surface area (Å²) in [7, 11) is -3.76. The highest BCUT2D eigenvalue weighted by atomic mass is 35.5. The Labute approximate surface area is 138 Å². The zero-order valence-electron chi connectivity index (χ0n) is 11.2. The Hall–Kier alpha value is -0.790. The molecule has 0 unspecified atom stereocenters. The van der Waals surface area contributed by atoms with Gasteiger partial charge in [0.05, 0.1) is 15.0 Å². The van der Waals surface area contributed by atoms with Crippen molar-refractivity contribution >= 4 is 50.2 Å². The van der Waals surface area contributed by atoms with E-state index in [0.29, 0.717) is 10.9 Å².